The van der Waals surface area contributed by atoms with Gasteiger partial charge in [0.05, 0.1) is 17.8 Å². The van der Waals surface area contributed by atoms with Crippen LogP contribution in [0.4, 0.5) is 10.1 Å². The Hall–Kier alpha value is -1.60. The number of hydrogen-bond donors (Lipinski definition) is 1. The summed E-state index contributed by atoms with van der Waals surface area (Å²) in [6.07, 6.45) is 0. The second-order valence-corrected chi connectivity index (χ2v) is 7.52. The highest BCUT2D eigenvalue weighted by Gasteiger charge is 2.20. The molecule has 1 aliphatic heterocycles. The van der Waals surface area contributed by atoms with Crippen molar-refractivity contribution >= 4 is 46.2 Å². The Balaban J connectivity index is 1.55. The molecule has 0 atom stereocenters. The molecule has 0 aliphatic carbocycles. The van der Waals surface area contributed by atoms with Crippen LogP contribution in [-0.4, -0.2) is 48.2 Å². The van der Waals surface area contributed by atoms with Gasteiger partial charge in [-0.15, -0.1) is 0 Å². The highest BCUT2D eigenvalue weighted by molar-refractivity contribution is 7.80. The van der Waals surface area contributed by atoms with Gasteiger partial charge in [0.1, 0.15) is 11.6 Å². The Morgan fingerprint density at radius 3 is 2.56 bits per heavy atom. The Morgan fingerprint density at radius 2 is 1.89 bits per heavy atom. The molecule has 2 aromatic carbocycles. The van der Waals surface area contributed by atoms with Crippen molar-refractivity contribution < 1.29 is 9.13 Å². The van der Waals surface area contributed by atoms with E-state index in [2.05, 4.69) is 15.1 Å². The van der Waals surface area contributed by atoms with E-state index in [0.29, 0.717) is 15.9 Å². The molecule has 1 heterocycles. The minimum atomic E-state index is -0.391. The van der Waals surface area contributed by atoms with Crippen LogP contribution in [-0.2, 0) is 6.54 Å². The molecule has 8 heteroatoms. The molecule has 27 heavy (non-hydrogen) atoms. The highest BCUT2D eigenvalue weighted by atomic mass is 35.5. The summed E-state index contributed by atoms with van der Waals surface area (Å²) in [5.74, 6) is 0.298. The third-order valence-electron chi connectivity index (χ3n) is 4.45. The van der Waals surface area contributed by atoms with Crippen molar-refractivity contribution in [1.82, 2.24) is 9.80 Å². The summed E-state index contributed by atoms with van der Waals surface area (Å²) < 4.78 is 18.6. The van der Waals surface area contributed by atoms with Crippen molar-refractivity contribution in [3.05, 3.63) is 57.8 Å². The van der Waals surface area contributed by atoms with Gasteiger partial charge in [-0.05, 0) is 48.1 Å². The maximum atomic E-state index is 13.3. The van der Waals surface area contributed by atoms with Gasteiger partial charge < -0.3 is 15.0 Å². The van der Waals surface area contributed by atoms with Gasteiger partial charge in [0, 0.05) is 37.7 Å². The number of ether oxygens (including phenoxy) is 1. The molecule has 0 bridgehead atoms. The molecule has 1 aliphatic rings. The minimum Gasteiger partial charge on any atom is -0.495 e. The van der Waals surface area contributed by atoms with Crippen molar-refractivity contribution in [2.75, 3.05) is 38.6 Å². The van der Waals surface area contributed by atoms with E-state index in [-0.39, 0.29) is 5.02 Å². The molecule has 1 saturated heterocycles. The van der Waals surface area contributed by atoms with Crippen molar-refractivity contribution in [2.45, 2.75) is 6.54 Å². The van der Waals surface area contributed by atoms with E-state index in [9.17, 15) is 4.39 Å². The summed E-state index contributed by atoms with van der Waals surface area (Å²) in [6.45, 7) is 4.02. The van der Waals surface area contributed by atoms with E-state index < -0.39 is 5.82 Å². The molecular weight excluding hydrogens is 408 g/mol. The first-order valence-corrected chi connectivity index (χ1v) is 9.68. The summed E-state index contributed by atoms with van der Waals surface area (Å²) in [4.78, 5) is 4.41. The summed E-state index contributed by atoms with van der Waals surface area (Å²) >= 11 is 17.5. The van der Waals surface area contributed by atoms with E-state index in [1.807, 2.05) is 0 Å². The lowest BCUT2D eigenvalue weighted by molar-refractivity contribution is 0.177. The van der Waals surface area contributed by atoms with E-state index in [0.717, 1.165) is 44.0 Å². The number of anilines is 1. The summed E-state index contributed by atoms with van der Waals surface area (Å²) in [5.41, 5.74) is 1.75. The number of rotatable bonds is 4. The molecule has 0 saturated carbocycles. The number of piperazine rings is 1. The molecule has 3 rings (SSSR count). The number of thiocarbonyl (C=S) groups is 1. The fourth-order valence-corrected chi connectivity index (χ4v) is 3.65. The molecule has 0 unspecified atom stereocenters. The van der Waals surface area contributed by atoms with Crippen LogP contribution in [0.15, 0.2) is 36.4 Å². The van der Waals surface area contributed by atoms with Gasteiger partial charge in [0.15, 0.2) is 5.11 Å². The monoisotopic (exact) mass is 427 g/mol. The van der Waals surface area contributed by atoms with Crippen LogP contribution in [0.3, 0.4) is 0 Å². The normalized spacial score (nSPS) is 14.9. The molecule has 0 amide bonds. The maximum Gasteiger partial charge on any atom is 0.173 e. The molecule has 0 aromatic heterocycles. The number of nitrogens with one attached hydrogen (secondary N) is 1. The van der Waals surface area contributed by atoms with Crippen molar-refractivity contribution in [3.8, 4) is 5.75 Å². The largest absolute Gasteiger partial charge is 0.495 e. The Labute approximate surface area is 173 Å². The second-order valence-electron chi connectivity index (χ2n) is 6.29. The average molecular weight is 428 g/mol. The minimum absolute atomic E-state index is 0.159. The van der Waals surface area contributed by atoms with Gasteiger partial charge >= 0.3 is 0 Å². The SMILES string of the molecule is COc1ccc(Cl)cc1NC(=S)N1CCN(Cc2ccc(F)c(Cl)c2)CC1. The van der Waals surface area contributed by atoms with Gasteiger partial charge in [0.2, 0.25) is 0 Å². The van der Waals surface area contributed by atoms with E-state index in [1.54, 1.807) is 37.4 Å². The first-order valence-electron chi connectivity index (χ1n) is 8.52. The molecule has 2 aromatic rings. The summed E-state index contributed by atoms with van der Waals surface area (Å²) in [6, 6.07) is 10.2. The Kier molecular flexibility index (Phi) is 6.76. The quantitative estimate of drug-likeness (QED) is 0.716. The third kappa shape index (κ3) is 5.23. The first-order chi connectivity index (χ1) is 13.0. The number of benzene rings is 2. The standard InChI is InChI=1S/C19H20Cl2FN3OS/c1-26-18-5-3-14(20)11-17(18)23-19(27)25-8-6-24(7-9-25)12-13-2-4-16(22)15(21)10-13/h2-5,10-11H,6-9,12H2,1H3,(H,23,27). The fraction of sp³-hybridized carbons (Fsp3) is 0.316. The van der Waals surface area contributed by atoms with Gasteiger partial charge in [0.25, 0.3) is 0 Å². The number of methoxy groups -OCH3 is 1. The molecule has 0 radical (unpaired) electrons. The first kappa shape index (κ1) is 20.1. The number of hydrogen-bond acceptors (Lipinski definition) is 3. The zero-order valence-corrected chi connectivity index (χ0v) is 17.2. The average Bonchev–Trinajstić information content (AvgIpc) is 2.65. The van der Waals surface area contributed by atoms with E-state index in [4.69, 9.17) is 40.2 Å². The highest BCUT2D eigenvalue weighted by Crippen LogP contribution is 2.28. The lowest BCUT2D eigenvalue weighted by Gasteiger charge is -2.36. The van der Waals surface area contributed by atoms with Gasteiger partial charge in [-0.1, -0.05) is 29.3 Å². The van der Waals surface area contributed by atoms with Crippen molar-refractivity contribution in [1.29, 1.82) is 0 Å². The predicted molar refractivity (Wildman–Crippen MR) is 112 cm³/mol. The zero-order valence-electron chi connectivity index (χ0n) is 14.8. The molecule has 144 valence electrons. The molecule has 0 spiro atoms. The summed E-state index contributed by atoms with van der Waals surface area (Å²) in [7, 11) is 1.61. The van der Waals surface area contributed by atoms with Crippen LogP contribution in [0.2, 0.25) is 10.0 Å². The van der Waals surface area contributed by atoms with Crippen molar-refractivity contribution in [2.24, 2.45) is 0 Å². The predicted octanol–water partition coefficient (Wildman–Crippen LogP) is 4.66. The maximum absolute atomic E-state index is 13.3. The van der Waals surface area contributed by atoms with Crippen molar-refractivity contribution in [3.63, 3.8) is 0 Å². The fourth-order valence-electron chi connectivity index (χ4n) is 2.98. The van der Waals surface area contributed by atoms with Gasteiger partial charge in [-0.3, -0.25) is 4.90 Å². The third-order valence-corrected chi connectivity index (χ3v) is 5.34. The Bertz CT molecular complexity index is 829. The summed E-state index contributed by atoms with van der Waals surface area (Å²) in [5, 5.41) is 4.63. The topological polar surface area (TPSA) is 27.7 Å². The molecular formula is C19H20Cl2FN3OS. The molecule has 4 nitrogen and oxygen atoms in total. The Morgan fingerprint density at radius 1 is 1.15 bits per heavy atom. The van der Waals surface area contributed by atoms with Crippen LogP contribution in [0, 0.1) is 5.82 Å². The van der Waals surface area contributed by atoms with Gasteiger partial charge in [-0.25, -0.2) is 4.39 Å². The number of halogens is 3. The van der Waals surface area contributed by atoms with Crippen LogP contribution >= 0.6 is 35.4 Å². The number of nitrogens with zero attached hydrogens (tertiary/aromatic N) is 2. The molecule has 1 N–H and O–H groups in total. The second kappa shape index (κ2) is 9.06. The lowest BCUT2D eigenvalue weighted by Crippen LogP contribution is -2.49. The zero-order chi connectivity index (χ0) is 19.4. The van der Waals surface area contributed by atoms with E-state index in [1.165, 1.54) is 6.07 Å². The van der Waals surface area contributed by atoms with Crippen LogP contribution in [0.1, 0.15) is 5.56 Å². The van der Waals surface area contributed by atoms with Crippen LogP contribution in [0.5, 0.6) is 5.75 Å². The van der Waals surface area contributed by atoms with Crippen LogP contribution < -0.4 is 10.1 Å². The van der Waals surface area contributed by atoms with Crippen LogP contribution in [0.25, 0.3) is 0 Å². The smallest absolute Gasteiger partial charge is 0.173 e. The van der Waals surface area contributed by atoms with E-state index >= 15 is 0 Å². The lowest BCUT2D eigenvalue weighted by atomic mass is 10.2. The van der Waals surface area contributed by atoms with Gasteiger partial charge in [-0.2, -0.15) is 0 Å². The molecule has 1 fully saturated rings.